The number of carbonyl (C=O) groups is 1. The lowest BCUT2D eigenvalue weighted by Gasteiger charge is -2.10. The molecule has 0 aliphatic rings. The molecule has 0 aliphatic carbocycles. The third-order valence-electron chi connectivity index (χ3n) is 4.79. The minimum Gasteiger partial charge on any atom is -0.432 e. The van der Waals surface area contributed by atoms with Crippen molar-refractivity contribution in [1.82, 2.24) is 19.9 Å². The Hall–Kier alpha value is -3.82. The second-order valence-electron chi connectivity index (χ2n) is 7.80. The Labute approximate surface area is 200 Å². The van der Waals surface area contributed by atoms with Crippen LogP contribution in [0.2, 0.25) is 5.02 Å². The van der Waals surface area contributed by atoms with Gasteiger partial charge in [-0.25, -0.2) is 14.4 Å². The fourth-order valence-electron chi connectivity index (χ4n) is 3.20. The molecule has 2 heterocycles. The molecule has 0 saturated carbocycles. The van der Waals surface area contributed by atoms with Crippen LogP contribution in [-0.4, -0.2) is 46.4 Å². The lowest BCUT2D eigenvalue weighted by Crippen LogP contribution is -2.13. The van der Waals surface area contributed by atoms with E-state index in [0.717, 1.165) is 16.5 Å². The highest BCUT2D eigenvalue weighted by Crippen LogP contribution is 2.27. The first-order valence-electron chi connectivity index (χ1n) is 10.4. The molecule has 0 saturated heterocycles. The number of nitrogens with one attached hydrogen (secondary N) is 2. The largest absolute Gasteiger partial charge is 0.432 e. The van der Waals surface area contributed by atoms with Crippen molar-refractivity contribution in [2.75, 3.05) is 31.3 Å². The monoisotopic (exact) mass is 480 g/mol. The van der Waals surface area contributed by atoms with E-state index in [0.29, 0.717) is 30.2 Å². The van der Waals surface area contributed by atoms with E-state index >= 15 is 0 Å². The normalized spacial score (nSPS) is 11.4. The zero-order chi connectivity index (χ0) is 24.1. The van der Waals surface area contributed by atoms with Gasteiger partial charge in [-0.15, -0.1) is 0 Å². The second-order valence-corrected chi connectivity index (χ2v) is 8.21. The molecule has 0 unspecified atom stereocenters. The number of nitrogens with zero attached hydrogens (tertiary/aromatic N) is 4. The lowest BCUT2D eigenvalue weighted by molar-refractivity contribution is -0.112. The summed E-state index contributed by atoms with van der Waals surface area (Å²) in [6, 6.07) is 10.3. The number of halogens is 2. The summed E-state index contributed by atoms with van der Waals surface area (Å²) in [5.74, 6) is -0.239. The summed E-state index contributed by atoms with van der Waals surface area (Å²) in [6.45, 7) is 0.654. The number of carbonyl (C=O) groups excluding carboxylic acids is 1. The second kappa shape index (κ2) is 10.4. The van der Waals surface area contributed by atoms with Crippen molar-refractivity contribution in [2.24, 2.45) is 0 Å². The third kappa shape index (κ3) is 5.94. The van der Waals surface area contributed by atoms with Gasteiger partial charge in [0.05, 0.1) is 16.2 Å². The minimum absolute atomic E-state index is 0.0196. The Morgan fingerprint density at radius 1 is 1.21 bits per heavy atom. The van der Waals surface area contributed by atoms with E-state index in [-0.39, 0.29) is 16.9 Å². The fraction of sp³-hybridized carbons (Fsp3) is 0.167. The quantitative estimate of drug-likeness (QED) is 0.350. The van der Waals surface area contributed by atoms with Gasteiger partial charge >= 0.3 is 6.01 Å². The highest BCUT2D eigenvalue weighted by molar-refractivity contribution is 6.31. The van der Waals surface area contributed by atoms with Crippen molar-refractivity contribution in [1.29, 1.82) is 0 Å². The molecule has 8 nitrogen and oxygen atoms in total. The van der Waals surface area contributed by atoms with Crippen LogP contribution in [0.15, 0.2) is 65.6 Å². The summed E-state index contributed by atoms with van der Waals surface area (Å²) < 4.78 is 18.9. The van der Waals surface area contributed by atoms with Crippen LogP contribution in [0.3, 0.4) is 0 Å². The van der Waals surface area contributed by atoms with Crippen molar-refractivity contribution in [2.45, 2.75) is 6.42 Å². The van der Waals surface area contributed by atoms with E-state index in [1.807, 2.05) is 37.2 Å². The maximum Gasteiger partial charge on any atom is 0.301 e. The number of likely N-dealkylation sites (N-methyl/N-ethyl adjacent to an activating group) is 1. The smallest absolute Gasteiger partial charge is 0.301 e. The van der Waals surface area contributed by atoms with Gasteiger partial charge in [-0.1, -0.05) is 23.7 Å². The molecule has 10 heteroatoms. The van der Waals surface area contributed by atoms with Gasteiger partial charge in [-0.3, -0.25) is 10.1 Å². The lowest BCUT2D eigenvalue weighted by atomic mass is 10.1. The van der Waals surface area contributed by atoms with E-state index in [9.17, 15) is 9.18 Å². The molecule has 4 rings (SSSR count). The number of oxazole rings is 1. The molecular formula is C24H22ClFN6O2. The van der Waals surface area contributed by atoms with Gasteiger partial charge in [0.1, 0.15) is 24.2 Å². The number of benzene rings is 2. The Morgan fingerprint density at radius 3 is 2.85 bits per heavy atom. The average molecular weight is 481 g/mol. The molecular weight excluding hydrogens is 459 g/mol. The van der Waals surface area contributed by atoms with E-state index in [1.165, 1.54) is 30.8 Å². The number of anilines is 3. The summed E-state index contributed by atoms with van der Waals surface area (Å²) in [6.07, 6.45) is 6.62. The number of amides is 1. The Kier molecular flexibility index (Phi) is 7.15. The van der Waals surface area contributed by atoms with Crippen LogP contribution in [0.1, 0.15) is 11.3 Å². The zero-order valence-electron chi connectivity index (χ0n) is 18.5. The molecule has 174 valence electrons. The van der Waals surface area contributed by atoms with Crippen molar-refractivity contribution >= 4 is 45.9 Å². The Bertz CT molecular complexity index is 1350. The van der Waals surface area contributed by atoms with Gasteiger partial charge in [0.15, 0.2) is 0 Å². The average Bonchev–Trinajstić information content (AvgIpc) is 3.23. The number of hydrogen-bond donors (Lipinski definition) is 2. The molecule has 2 aromatic carbocycles. The highest BCUT2D eigenvalue weighted by atomic mass is 35.5. The molecule has 0 aliphatic heterocycles. The minimum atomic E-state index is -0.491. The summed E-state index contributed by atoms with van der Waals surface area (Å²) in [4.78, 5) is 26.9. The van der Waals surface area contributed by atoms with Crippen LogP contribution >= 0.6 is 11.6 Å². The van der Waals surface area contributed by atoms with Crippen molar-refractivity contribution in [3.8, 4) is 0 Å². The zero-order valence-corrected chi connectivity index (χ0v) is 19.3. The predicted molar refractivity (Wildman–Crippen MR) is 130 cm³/mol. The Morgan fingerprint density at radius 2 is 2.06 bits per heavy atom. The molecule has 0 atom stereocenters. The molecule has 0 bridgehead atoms. The SMILES string of the molecule is CN(C)C/C=C/C(=O)Nc1nc(Cc2ccc3ncnc(Nc4ccc(F)c(Cl)c4)c3c2)co1. The number of fused-ring (bicyclic) bond motifs is 1. The van der Waals surface area contributed by atoms with Gasteiger partial charge in [-0.2, -0.15) is 4.98 Å². The molecule has 2 N–H and O–H groups in total. The molecule has 0 spiro atoms. The van der Waals surface area contributed by atoms with Crippen LogP contribution in [-0.2, 0) is 11.2 Å². The standard InChI is InChI=1S/C24H22ClFN6O2/c1-32(2)9-3-4-22(33)31-24-30-17(13-34-24)10-15-5-8-21-18(11-15)23(28-14-27-21)29-16-6-7-20(26)19(25)12-16/h3-8,11-14H,9-10H2,1-2H3,(H,27,28,29)(H,30,31,33)/b4-3+. The number of hydrogen-bond acceptors (Lipinski definition) is 7. The van der Waals surface area contributed by atoms with Gasteiger partial charge in [0.2, 0.25) is 0 Å². The summed E-state index contributed by atoms with van der Waals surface area (Å²) >= 11 is 5.89. The highest BCUT2D eigenvalue weighted by Gasteiger charge is 2.10. The van der Waals surface area contributed by atoms with Crippen LogP contribution in [0.25, 0.3) is 10.9 Å². The van der Waals surface area contributed by atoms with Crippen LogP contribution in [0.5, 0.6) is 0 Å². The maximum absolute atomic E-state index is 13.5. The maximum atomic E-state index is 13.5. The molecule has 2 aromatic heterocycles. The van der Waals surface area contributed by atoms with Gasteiger partial charge in [0.25, 0.3) is 5.91 Å². The van der Waals surface area contributed by atoms with Crippen molar-refractivity contribution in [3.05, 3.63) is 83.2 Å². The van der Waals surface area contributed by atoms with Gasteiger partial charge in [0, 0.05) is 30.1 Å². The van der Waals surface area contributed by atoms with E-state index in [1.54, 1.807) is 12.1 Å². The van der Waals surface area contributed by atoms with Gasteiger partial charge in [-0.05, 0) is 50.0 Å². The number of aromatic nitrogens is 3. The Balaban J connectivity index is 1.49. The fourth-order valence-corrected chi connectivity index (χ4v) is 3.38. The summed E-state index contributed by atoms with van der Waals surface area (Å²) in [5.41, 5.74) is 2.95. The molecule has 34 heavy (non-hydrogen) atoms. The summed E-state index contributed by atoms with van der Waals surface area (Å²) in [7, 11) is 3.83. The first-order chi connectivity index (χ1) is 16.4. The molecule has 1 amide bonds. The molecule has 0 radical (unpaired) electrons. The van der Waals surface area contributed by atoms with Crippen LogP contribution in [0.4, 0.5) is 21.9 Å². The third-order valence-corrected chi connectivity index (χ3v) is 5.08. The van der Waals surface area contributed by atoms with Crippen molar-refractivity contribution < 1.29 is 13.6 Å². The molecule has 0 fully saturated rings. The van der Waals surface area contributed by atoms with E-state index < -0.39 is 5.82 Å². The van der Waals surface area contributed by atoms with E-state index in [4.69, 9.17) is 16.0 Å². The van der Waals surface area contributed by atoms with Crippen molar-refractivity contribution in [3.63, 3.8) is 0 Å². The van der Waals surface area contributed by atoms with Crippen LogP contribution in [0, 0.1) is 5.82 Å². The summed E-state index contributed by atoms with van der Waals surface area (Å²) in [5, 5.41) is 6.57. The first-order valence-corrected chi connectivity index (χ1v) is 10.8. The molecule has 4 aromatic rings. The van der Waals surface area contributed by atoms with Gasteiger partial charge < -0.3 is 14.6 Å². The van der Waals surface area contributed by atoms with E-state index in [2.05, 4.69) is 25.6 Å². The predicted octanol–water partition coefficient (Wildman–Crippen LogP) is 4.80. The van der Waals surface area contributed by atoms with Crippen LogP contribution < -0.4 is 10.6 Å². The first kappa shape index (κ1) is 23.3. The topological polar surface area (TPSA) is 96.2 Å². The number of rotatable bonds is 8.